The molecule has 0 amide bonds. The van der Waals surface area contributed by atoms with Crippen molar-refractivity contribution in [2.24, 2.45) is 0 Å². The van der Waals surface area contributed by atoms with Gasteiger partial charge in [0.05, 0.1) is 6.42 Å². The molecule has 0 atom stereocenters. The molecule has 12 rings (SSSR count). The number of rotatable bonds is 14. The van der Waals surface area contributed by atoms with Gasteiger partial charge in [0, 0.05) is 0 Å². The molecule has 12 aromatic carbocycles. The van der Waals surface area contributed by atoms with Crippen LogP contribution in [0.4, 0.5) is 0 Å². The zero-order chi connectivity index (χ0) is 57.5. The molecule has 0 spiro atoms. The molecular weight excluding hydrogens is 1080 g/mol. The second kappa shape index (κ2) is 34.2. The molecule has 0 aliphatic carbocycles. The fourth-order valence-electron chi connectivity index (χ4n) is 9.06. The van der Waals surface area contributed by atoms with E-state index in [1.165, 1.54) is 77.5 Å². The summed E-state index contributed by atoms with van der Waals surface area (Å²) < 4.78 is 0. The molecule has 0 fully saturated rings. The van der Waals surface area contributed by atoms with Gasteiger partial charge in [-0.1, -0.05) is 364 Å². The maximum Gasteiger partial charge on any atom is 0.137 e. The molecule has 0 unspecified atom stereocenters. The highest BCUT2D eigenvalue weighted by Crippen LogP contribution is 2.35. The maximum absolute atomic E-state index is 10.0. The van der Waals surface area contributed by atoms with E-state index in [-0.39, 0.29) is 18.0 Å². The van der Waals surface area contributed by atoms with Gasteiger partial charge in [-0.05, 0) is 109 Å². The Kier molecular flexibility index (Phi) is 25.1. The van der Waals surface area contributed by atoms with Crippen molar-refractivity contribution in [2.75, 3.05) is 0 Å². The van der Waals surface area contributed by atoms with Crippen LogP contribution in [-0.2, 0) is 9.59 Å². The fourth-order valence-corrected chi connectivity index (χ4v) is 18.3. The second-order valence-electron chi connectivity index (χ2n) is 18.9. The molecule has 0 N–H and O–H groups in total. The lowest BCUT2D eigenvalue weighted by atomic mass is 10.2. The Morgan fingerprint density at radius 2 is 0.265 bits per heavy atom. The zero-order valence-electron chi connectivity index (χ0n) is 47.0. The Balaban J connectivity index is 0.000000139. The number of ketones is 2. The quantitative estimate of drug-likeness (QED) is 0.0803. The first-order chi connectivity index (χ1) is 40.9. The number of carbonyl (C=O) groups is 2. The molecule has 0 saturated heterocycles. The zero-order valence-corrected chi connectivity index (χ0v) is 50.5. The fraction of sp³-hybridized carbons (Fsp3) is 0.0390. The third-order valence-electron chi connectivity index (χ3n) is 12.7. The smallest absolute Gasteiger partial charge is 0.137 e. The lowest BCUT2D eigenvalue weighted by molar-refractivity contribution is -0.124. The molecule has 0 saturated carbocycles. The van der Waals surface area contributed by atoms with Crippen molar-refractivity contribution < 1.29 is 9.59 Å². The minimum absolute atomic E-state index is 0.0625. The van der Waals surface area contributed by atoms with Crippen LogP contribution in [0.3, 0.4) is 0 Å². The molecule has 6 heteroatoms. The number of carbonyl (C=O) groups excluding carboxylic acids is 2. The maximum atomic E-state index is 10.0. The summed E-state index contributed by atoms with van der Waals surface area (Å²) >= 11 is 0. The van der Waals surface area contributed by atoms with E-state index in [9.17, 15) is 9.59 Å². The van der Waals surface area contributed by atoms with Gasteiger partial charge in [0.25, 0.3) is 0 Å². The van der Waals surface area contributed by atoms with Crippen LogP contribution in [-0.4, -0.2) is 11.6 Å². The summed E-state index contributed by atoms with van der Waals surface area (Å²) in [6.45, 7) is 2.81. The monoisotopic (exact) mass is 1150 g/mol. The molecular formula is C77H68O2P4. The van der Waals surface area contributed by atoms with Gasteiger partial charge in [0.2, 0.25) is 0 Å². The first-order valence-corrected chi connectivity index (χ1v) is 33.1. The van der Waals surface area contributed by atoms with E-state index >= 15 is 0 Å². The van der Waals surface area contributed by atoms with Crippen LogP contribution in [0.2, 0.25) is 0 Å². The summed E-state index contributed by atoms with van der Waals surface area (Å²) in [5, 5.41) is 16.8. The van der Waals surface area contributed by atoms with Gasteiger partial charge in [0.1, 0.15) is 11.6 Å². The number of Topliss-reactive ketones (excluding diaryl/α,β-unsaturated/α-hetero) is 2. The predicted molar refractivity (Wildman–Crippen MR) is 367 cm³/mol. The minimum atomic E-state index is -0.446. The van der Waals surface area contributed by atoms with Gasteiger partial charge in [-0.15, -0.1) is 0 Å². The first-order valence-electron chi connectivity index (χ1n) is 27.7. The summed E-state index contributed by atoms with van der Waals surface area (Å²) in [4.78, 5) is 20.1. The van der Waals surface area contributed by atoms with Crippen LogP contribution < -0.4 is 63.7 Å². The number of hydrogen-bond acceptors (Lipinski definition) is 2. The van der Waals surface area contributed by atoms with E-state index in [1.54, 1.807) is 0 Å². The van der Waals surface area contributed by atoms with E-state index in [0.29, 0.717) is 0 Å². The highest BCUT2D eigenvalue weighted by Gasteiger charge is 2.18. The minimum Gasteiger partial charge on any atom is -0.300 e. The molecule has 0 radical (unpaired) electrons. The Labute approximate surface area is 497 Å². The molecule has 408 valence electrons. The van der Waals surface area contributed by atoms with Gasteiger partial charge < -0.3 is 0 Å². The van der Waals surface area contributed by atoms with Crippen molar-refractivity contribution in [3.8, 4) is 0 Å². The van der Waals surface area contributed by atoms with Crippen molar-refractivity contribution in [1.82, 2.24) is 0 Å². The average molecular weight is 1150 g/mol. The first kappa shape index (κ1) is 60.8. The lowest BCUT2D eigenvalue weighted by Gasteiger charge is -2.18. The van der Waals surface area contributed by atoms with Crippen LogP contribution in [0.25, 0.3) is 0 Å². The third kappa shape index (κ3) is 19.4. The highest BCUT2D eigenvalue weighted by molar-refractivity contribution is 7.81. The van der Waals surface area contributed by atoms with E-state index < -0.39 is 31.7 Å². The van der Waals surface area contributed by atoms with Crippen molar-refractivity contribution >= 4 is 107 Å². The molecule has 0 aliphatic rings. The normalized spacial score (nSPS) is 10.4. The largest absolute Gasteiger partial charge is 0.300 e. The van der Waals surface area contributed by atoms with Gasteiger partial charge in [0.15, 0.2) is 0 Å². The second-order valence-corrected chi connectivity index (χ2v) is 27.8. The van der Waals surface area contributed by atoms with E-state index in [2.05, 4.69) is 364 Å². The summed E-state index contributed by atoms with van der Waals surface area (Å²) in [5.74, 6) is -0.125. The van der Waals surface area contributed by atoms with Gasteiger partial charge in [-0.3, -0.25) is 9.59 Å². The van der Waals surface area contributed by atoms with E-state index in [0.717, 1.165) is 0 Å². The van der Waals surface area contributed by atoms with Gasteiger partial charge in [-0.25, -0.2) is 0 Å². The van der Waals surface area contributed by atoms with Crippen LogP contribution in [0.1, 0.15) is 20.3 Å². The van der Waals surface area contributed by atoms with Crippen LogP contribution >= 0.6 is 31.7 Å². The summed E-state index contributed by atoms with van der Waals surface area (Å²) in [7, 11) is -1.78. The number of hydrogen-bond donors (Lipinski definition) is 0. The van der Waals surface area contributed by atoms with E-state index in [1.807, 2.05) is 0 Å². The Morgan fingerprint density at radius 3 is 0.325 bits per heavy atom. The molecule has 83 heavy (non-hydrogen) atoms. The summed E-state index contributed by atoms with van der Waals surface area (Å²) in [5.41, 5.74) is 0. The van der Waals surface area contributed by atoms with Crippen molar-refractivity contribution in [3.63, 3.8) is 0 Å². The Bertz CT molecular complexity index is 2810. The lowest BCUT2D eigenvalue weighted by Crippen LogP contribution is -2.20. The molecule has 0 aromatic heterocycles. The van der Waals surface area contributed by atoms with Gasteiger partial charge in [-0.2, -0.15) is 0 Å². The molecule has 12 aromatic rings. The third-order valence-corrected chi connectivity index (χ3v) is 22.4. The standard InChI is InChI=1S/4C18H15P.C5H8O2/c4*1-4-10-16(11-5-1)19(17-12-6-2-7-13-17)18-14-8-3-9-15-18;1-4(6)3-5(2)7/h4*1-15H;3H2,1-2H3. The van der Waals surface area contributed by atoms with Crippen molar-refractivity contribution in [1.29, 1.82) is 0 Å². The van der Waals surface area contributed by atoms with Gasteiger partial charge >= 0.3 is 0 Å². The van der Waals surface area contributed by atoms with Crippen LogP contribution in [0.5, 0.6) is 0 Å². The average Bonchev–Trinajstić information content (AvgIpc) is 3.59. The van der Waals surface area contributed by atoms with Crippen LogP contribution in [0, 0.1) is 0 Å². The molecule has 0 heterocycles. The Hall–Kier alpha value is -8.30. The molecule has 2 nitrogen and oxygen atoms in total. The van der Waals surface area contributed by atoms with E-state index in [4.69, 9.17) is 0 Å². The summed E-state index contributed by atoms with van der Waals surface area (Å²) in [6, 6.07) is 129. The van der Waals surface area contributed by atoms with Crippen molar-refractivity contribution in [2.45, 2.75) is 20.3 Å². The highest BCUT2D eigenvalue weighted by atomic mass is 31.1. The van der Waals surface area contributed by atoms with Crippen molar-refractivity contribution in [3.05, 3.63) is 364 Å². The Morgan fingerprint density at radius 1 is 0.181 bits per heavy atom. The molecule has 0 bridgehead atoms. The topological polar surface area (TPSA) is 34.1 Å². The molecule has 0 aliphatic heterocycles. The summed E-state index contributed by atoms with van der Waals surface area (Å²) in [6.07, 6.45) is 0.0833. The number of benzene rings is 12. The van der Waals surface area contributed by atoms with Crippen LogP contribution in [0.15, 0.2) is 364 Å². The SMILES string of the molecule is CC(=O)CC(C)=O.c1ccc(P(c2ccccc2)c2ccccc2)cc1.c1ccc(P(c2ccccc2)c2ccccc2)cc1.c1ccc(P(c2ccccc2)c2ccccc2)cc1.c1ccc(P(c2ccccc2)c2ccccc2)cc1. The predicted octanol–water partition coefficient (Wildman–Crippen LogP) is 14.3.